The molecule has 0 saturated carbocycles. The molecule has 0 fully saturated rings. The first kappa shape index (κ1) is 17.9. The Bertz CT molecular complexity index is 1170. The van der Waals surface area contributed by atoms with Crippen molar-refractivity contribution in [2.45, 2.75) is 6.92 Å². The number of aromatic nitrogens is 2. The van der Waals surface area contributed by atoms with Crippen LogP contribution in [0.4, 0.5) is 17.2 Å². The Morgan fingerprint density at radius 1 is 0.929 bits per heavy atom. The first-order valence-electron chi connectivity index (χ1n) is 8.74. The standard InChI is InChI=1S/C22H17ClN4O/c1-14-7-8-17(23)13-19(14)27-22(28)16-9-11-24-20(12-16)26-18-6-2-4-15-5-3-10-25-21(15)18/h2-13H,1H3,(H,24,26)(H,27,28). The van der Waals surface area contributed by atoms with Gasteiger partial charge in [-0.15, -0.1) is 0 Å². The number of fused-ring (bicyclic) bond motifs is 1. The van der Waals surface area contributed by atoms with Crippen LogP contribution in [-0.4, -0.2) is 15.9 Å². The first-order valence-corrected chi connectivity index (χ1v) is 9.12. The summed E-state index contributed by atoms with van der Waals surface area (Å²) in [5, 5.41) is 7.75. The van der Waals surface area contributed by atoms with Crippen LogP contribution in [-0.2, 0) is 0 Å². The number of halogens is 1. The molecule has 2 N–H and O–H groups in total. The van der Waals surface area contributed by atoms with Crippen molar-refractivity contribution < 1.29 is 4.79 Å². The average molecular weight is 389 g/mol. The molecule has 138 valence electrons. The van der Waals surface area contributed by atoms with E-state index in [4.69, 9.17) is 11.6 Å². The Morgan fingerprint density at radius 2 is 1.79 bits per heavy atom. The Balaban J connectivity index is 1.59. The summed E-state index contributed by atoms with van der Waals surface area (Å²) in [6.07, 6.45) is 3.35. The van der Waals surface area contributed by atoms with Crippen molar-refractivity contribution in [3.05, 3.63) is 89.2 Å². The van der Waals surface area contributed by atoms with Gasteiger partial charge in [0.2, 0.25) is 0 Å². The van der Waals surface area contributed by atoms with Gasteiger partial charge in [0.15, 0.2) is 0 Å². The zero-order valence-electron chi connectivity index (χ0n) is 15.1. The van der Waals surface area contributed by atoms with E-state index in [1.165, 1.54) is 0 Å². The predicted molar refractivity (Wildman–Crippen MR) is 113 cm³/mol. The summed E-state index contributed by atoms with van der Waals surface area (Å²) in [6.45, 7) is 1.92. The van der Waals surface area contributed by atoms with Crippen LogP contribution in [0.5, 0.6) is 0 Å². The number of hydrogen-bond acceptors (Lipinski definition) is 4. The molecule has 2 aromatic carbocycles. The van der Waals surface area contributed by atoms with Crippen LogP contribution in [0.2, 0.25) is 5.02 Å². The summed E-state index contributed by atoms with van der Waals surface area (Å²) in [7, 11) is 0. The summed E-state index contributed by atoms with van der Waals surface area (Å²) < 4.78 is 0. The Kier molecular flexibility index (Phi) is 4.91. The molecular weight excluding hydrogens is 372 g/mol. The molecule has 0 unspecified atom stereocenters. The fourth-order valence-electron chi connectivity index (χ4n) is 2.91. The van der Waals surface area contributed by atoms with Crippen molar-refractivity contribution in [2.75, 3.05) is 10.6 Å². The van der Waals surface area contributed by atoms with Crippen LogP contribution in [0.3, 0.4) is 0 Å². The Hall–Kier alpha value is -3.44. The monoisotopic (exact) mass is 388 g/mol. The number of benzene rings is 2. The molecule has 0 aliphatic carbocycles. The summed E-state index contributed by atoms with van der Waals surface area (Å²) in [5.41, 5.74) is 3.78. The van der Waals surface area contributed by atoms with Gasteiger partial charge in [-0.2, -0.15) is 0 Å². The van der Waals surface area contributed by atoms with Gasteiger partial charge in [0, 0.05) is 34.1 Å². The molecule has 0 aliphatic heterocycles. The van der Waals surface area contributed by atoms with Crippen molar-refractivity contribution in [3.63, 3.8) is 0 Å². The van der Waals surface area contributed by atoms with Crippen LogP contribution in [0.25, 0.3) is 10.9 Å². The maximum absolute atomic E-state index is 12.7. The molecule has 0 spiro atoms. The van der Waals surface area contributed by atoms with E-state index in [1.807, 2.05) is 43.3 Å². The number of hydrogen-bond donors (Lipinski definition) is 2. The van der Waals surface area contributed by atoms with Gasteiger partial charge in [-0.1, -0.05) is 35.9 Å². The number of nitrogens with one attached hydrogen (secondary N) is 2. The van der Waals surface area contributed by atoms with Crippen molar-refractivity contribution in [1.29, 1.82) is 0 Å². The second-order valence-corrected chi connectivity index (χ2v) is 6.79. The molecule has 1 amide bonds. The fraction of sp³-hybridized carbons (Fsp3) is 0.0455. The van der Waals surface area contributed by atoms with E-state index >= 15 is 0 Å². The van der Waals surface area contributed by atoms with Crippen LogP contribution in [0.15, 0.2) is 73.1 Å². The van der Waals surface area contributed by atoms with Gasteiger partial charge in [-0.25, -0.2) is 4.98 Å². The topological polar surface area (TPSA) is 66.9 Å². The van der Waals surface area contributed by atoms with Crippen molar-refractivity contribution in [2.24, 2.45) is 0 Å². The van der Waals surface area contributed by atoms with Crippen LogP contribution in [0, 0.1) is 6.92 Å². The highest BCUT2D eigenvalue weighted by molar-refractivity contribution is 6.31. The summed E-state index contributed by atoms with van der Waals surface area (Å²) in [5.74, 6) is 0.334. The zero-order chi connectivity index (χ0) is 19.5. The number of nitrogens with zero attached hydrogens (tertiary/aromatic N) is 2. The third-order valence-electron chi connectivity index (χ3n) is 4.37. The van der Waals surface area contributed by atoms with Crippen molar-refractivity contribution in [3.8, 4) is 0 Å². The maximum Gasteiger partial charge on any atom is 0.255 e. The lowest BCUT2D eigenvalue weighted by atomic mass is 10.1. The number of anilines is 3. The molecule has 0 bridgehead atoms. The van der Waals surface area contributed by atoms with Crippen LogP contribution < -0.4 is 10.6 Å². The van der Waals surface area contributed by atoms with E-state index in [0.29, 0.717) is 22.1 Å². The summed E-state index contributed by atoms with van der Waals surface area (Å²) >= 11 is 6.03. The minimum atomic E-state index is -0.230. The van der Waals surface area contributed by atoms with Gasteiger partial charge >= 0.3 is 0 Å². The van der Waals surface area contributed by atoms with Crippen LogP contribution in [0.1, 0.15) is 15.9 Å². The van der Waals surface area contributed by atoms with Gasteiger partial charge in [0.1, 0.15) is 5.82 Å². The average Bonchev–Trinajstić information content (AvgIpc) is 2.71. The number of carbonyl (C=O) groups excluding carboxylic acids is 1. The Labute approximate surface area is 167 Å². The molecule has 4 aromatic rings. The number of carbonyl (C=O) groups is 1. The third kappa shape index (κ3) is 3.80. The van der Waals surface area contributed by atoms with E-state index in [0.717, 1.165) is 22.2 Å². The lowest BCUT2D eigenvalue weighted by molar-refractivity contribution is 0.102. The highest BCUT2D eigenvalue weighted by atomic mass is 35.5. The van der Waals surface area contributed by atoms with Crippen molar-refractivity contribution >= 4 is 45.6 Å². The minimum Gasteiger partial charge on any atom is -0.338 e. The molecule has 2 aromatic heterocycles. The normalized spacial score (nSPS) is 10.6. The summed E-state index contributed by atoms with van der Waals surface area (Å²) in [4.78, 5) is 21.4. The predicted octanol–water partition coefficient (Wildman–Crippen LogP) is 5.59. The van der Waals surface area contributed by atoms with E-state index in [9.17, 15) is 4.79 Å². The molecule has 2 heterocycles. The van der Waals surface area contributed by atoms with Gasteiger partial charge < -0.3 is 10.6 Å². The van der Waals surface area contributed by atoms with Gasteiger partial charge in [0.05, 0.1) is 11.2 Å². The number of pyridine rings is 2. The number of rotatable bonds is 4. The molecule has 0 aliphatic rings. The lowest BCUT2D eigenvalue weighted by Gasteiger charge is -2.11. The molecular formula is C22H17ClN4O. The molecule has 0 radical (unpaired) electrons. The second-order valence-electron chi connectivity index (χ2n) is 6.35. The molecule has 0 saturated heterocycles. The Morgan fingerprint density at radius 3 is 2.68 bits per heavy atom. The van der Waals surface area contributed by atoms with E-state index in [1.54, 1.807) is 36.7 Å². The SMILES string of the molecule is Cc1ccc(Cl)cc1NC(=O)c1ccnc(Nc2cccc3cccnc23)c1. The summed E-state index contributed by atoms with van der Waals surface area (Å²) in [6, 6.07) is 18.5. The van der Waals surface area contributed by atoms with Gasteiger partial charge in [-0.3, -0.25) is 9.78 Å². The molecule has 4 rings (SSSR count). The number of aryl methyl sites for hydroxylation is 1. The zero-order valence-corrected chi connectivity index (χ0v) is 15.9. The van der Waals surface area contributed by atoms with E-state index in [-0.39, 0.29) is 5.91 Å². The minimum absolute atomic E-state index is 0.230. The van der Waals surface area contributed by atoms with Gasteiger partial charge in [0.25, 0.3) is 5.91 Å². The molecule has 0 atom stereocenters. The van der Waals surface area contributed by atoms with E-state index in [2.05, 4.69) is 20.6 Å². The number of amides is 1. The van der Waals surface area contributed by atoms with Gasteiger partial charge in [-0.05, 0) is 48.9 Å². The fourth-order valence-corrected chi connectivity index (χ4v) is 3.08. The molecule has 5 nitrogen and oxygen atoms in total. The van der Waals surface area contributed by atoms with Crippen LogP contribution >= 0.6 is 11.6 Å². The largest absolute Gasteiger partial charge is 0.338 e. The van der Waals surface area contributed by atoms with E-state index < -0.39 is 0 Å². The molecule has 6 heteroatoms. The first-order chi connectivity index (χ1) is 13.6. The lowest BCUT2D eigenvalue weighted by Crippen LogP contribution is -2.13. The maximum atomic E-state index is 12.7. The quantitative estimate of drug-likeness (QED) is 0.478. The smallest absolute Gasteiger partial charge is 0.255 e. The third-order valence-corrected chi connectivity index (χ3v) is 4.60. The second kappa shape index (κ2) is 7.66. The highest BCUT2D eigenvalue weighted by Gasteiger charge is 2.10. The highest BCUT2D eigenvalue weighted by Crippen LogP contribution is 2.25. The molecule has 28 heavy (non-hydrogen) atoms. The number of para-hydroxylation sites is 1. The van der Waals surface area contributed by atoms with Crippen molar-refractivity contribution in [1.82, 2.24) is 9.97 Å².